The summed E-state index contributed by atoms with van der Waals surface area (Å²) in [5.41, 5.74) is 1.75. The molecule has 2 rings (SSSR count). The molecule has 1 aromatic heterocycles. The standard InChI is InChI=1S/C7H7O.C6H7N.Y/c1-6-4-2-3-5-7(6)8;1-6-4-2-3-5-7-6;/h2-5,8H,1H2;2-5H,1H3;/q-1;;. The summed E-state index contributed by atoms with van der Waals surface area (Å²) in [4.78, 5) is 3.98. The van der Waals surface area contributed by atoms with Crippen LogP contribution in [0.2, 0.25) is 0 Å². The number of nitrogens with zero attached hydrogens (tertiary/aromatic N) is 1. The molecule has 0 saturated carbocycles. The summed E-state index contributed by atoms with van der Waals surface area (Å²) in [6.07, 6.45) is 1.79. The van der Waals surface area contributed by atoms with Gasteiger partial charge in [0.2, 0.25) is 0 Å². The van der Waals surface area contributed by atoms with Gasteiger partial charge in [0.15, 0.2) is 0 Å². The first-order valence-electron chi connectivity index (χ1n) is 4.67. The summed E-state index contributed by atoms with van der Waals surface area (Å²) < 4.78 is 0. The Hall–Kier alpha value is -0.856. The van der Waals surface area contributed by atoms with Gasteiger partial charge in [0, 0.05) is 50.3 Å². The fourth-order valence-electron chi connectivity index (χ4n) is 0.959. The maximum absolute atomic E-state index is 8.86. The van der Waals surface area contributed by atoms with Crippen molar-refractivity contribution in [2.75, 3.05) is 0 Å². The van der Waals surface area contributed by atoms with Crippen LogP contribution in [0.5, 0.6) is 5.75 Å². The second-order valence-corrected chi connectivity index (χ2v) is 3.10. The summed E-state index contributed by atoms with van der Waals surface area (Å²) in [5, 5.41) is 8.86. The maximum atomic E-state index is 8.86. The Balaban J connectivity index is 0.000000267. The Morgan fingerprint density at radius 2 is 1.69 bits per heavy atom. The molecule has 16 heavy (non-hydrogen) atoms. The number of aromatic nitrogens is 1. The van der Waals surface area contributed by atoms with Crippen LogP contribution in [0.25, 0.3) is 0 Å². The monoisotopic (exact) mass is 289 g/mol. The largest absolute Gasteiger partial charge is 0.565 e. The van der Waals surface area contributed by atoms with Gasteiger partial charge in [-0.1, -0.05) is 18.2 Å². The molecular formula is C13H14NOY-. The predicted octanol–water partition coefficient (Wildman–Crippen LogP) is 2.96. The average molecular weight is 289 g/mol. The summed E-state index contributed by atoms with van der Waals surface area (Å²) in [6.45, 7) is 5.54. The third-order valence-corrected chi connectivity index (χ3v) is 1.80. The molecule has 0 atom stereocenters. The Morgan fingerprint density at radius 3 is 2.00 bits per heavy atom. The van der Waals surface area contributed by atoms with E-state index in [1.165, 1.54) is 0 Å². The van der Waals surface area contributed by atoms with Crippen molar-refractivity contribution in [3.05, 3.63) is 66.8 Å². The zero-order chi connectivity index (χ0) is 11.1. The summed E-state index contributed by atoms with van der Waals surface area (Å²) in [7, 11) is 0. The van der Waals surface area contributed by atoms with E-state index in [1.807, 2.05) is 31.2 Å². The zero-order valence-electron chi connectivity index (χ0n) is 9.30. The van der Waals surface area contributed by atoms with E-state index < -0.39 is 0 Å². The fourth-order valence-corrected chi connectivity index (χ4v) is 0.959. The molecule has 81 valence electrons. The normalized spacial score (nSPS) is 8.31. The number of benzene rings is 1. The molecule has 1 N–H and O–H groups in total. The van der Waals surface area contributed by atoms with Crippen LogP contribution in [0.3, 0.4) is 0 Å². The van der Waals surface area contributed by atoms with Gasteiger partial charge in [-0.25, -0.2) is 0 Å². The Kier molecular flexibility index (Phi) is 7.87. The predicted molar refractivity (Wildman–Crippen MR) is 61.5 cm³/mol. The van der Waals surface area contributed by atoms with E-state index in [4.69, 9.17) is 5.11 Å². The van der Waals surface area contributed by atoms with Crippen molar-refractivity contribution in [1.29, 1.82) is 0 Å². The van der Waals surface area contributed by atoms with Gasteiger partial charge in [-0.05, 0) is 19.1 Å². The first-order chi connectivity index (χ1) is 7.20. The van der Waals surface area contributed by atoms with E-state index in [9.17, 15) is 0 Å². The molecule has 0 aliphatic rings. The van der Waals surface area contributed by atoms with E-state index in [-0.39, 0.29) is 38.5 Å². The minimum Gasteiger partial charge on any atom is -0.565 e. The second kappa shape index (κ2) is 8.31. The number of para-hydroxylation sites is 1. The van der Waals surface area contributed by atoms with Crippen LogP contribution in [0, 0.1) is 13.8 Å². The topological polar surface area (TPSA) is 33.1 Å². The first-order valence-corrected chi connectivity index (χ1v) is 4.67. The van der Waals surface area contributed by atoms with Gasteiger partial charge >= 0.3 is 0 Å². The third kappa shape index (κ3) is 5.89. The van der Waals surface area contributed by atoms with Gasteiger partial charge in [-0.15, -0.1) is 6.07 Å². The number of pyridine rings is 1. The SMILES string of the molecule is Cc1ccccn1.[CH2-]c1ccccc1O.[Y]. The molecule has 0 unspecified atom stereocenters. The minimum absolute atomic E-state index is 0. The first kappa shape index (κ1) is 15.1. The van der Waals surface area contributed by atoms with Gasteiger partial charge < -0.3 is 5.11 Å². The van der Waals surface area contributed by atoms with Crippen molar-refractivity contribution in [2.45, 2.75) is 6.92 Å². The molecule has 3 heteroatoms. The quantitative estimate of drug-likeness (QED) is 0.756. The van der Waals surface area contributed by atoms with E-state index in [0.29, 0.717) is 5.56 Å². The molecule has 1 radical (unpaired) electrons. The van der Waals surface area contributed by atoms with E-state index in [0.717, 1.165) is 5.69 Å². The van der Waals surface area contributed by atoms with Crippen molar-refractivity contribution in [1.82, 2.24) is 4.98 Å². The second-order valence-electron chi connectivity index (χ2n) is 3.10. The van der Waals surface area contributed by atoms with E-state index in [1.54, 1.807) is 24.4 Å². The van der Waals surface area contributed by atoms with E-state index in [2.05, 4.69) is 11.9 Å². The summed E-state index contributed by atoms with van der Waals surface area (Å²) in [6, 6.07) is 12.8. The van der Waals surface area contributed by atoms with Gasteiger partial charge in [0.1, 0.15) is 0 Å². The third-order valence-electron chi connectivity index (χ3n) is 1.80. The molecule has 2 nitrogen and oxygen atoms in total. The van der Waals surface area contributed by atoms with Gasteiger partial charge in [0.05, 0.1) is 0 Å². The number of phenolic OH excluding ortho intramolecular Hbond substituents is 1. The smallest absolute Gasteiger partial charge is 0.0372 e. The molecule has 0 aliphatic carbocycles. The molecule has 1 aromatic carbocycles. The average Bonchev–Trinajstić information content (AvgIpc) is 2.25. The molecule has 0 amide bonds. The number of hydrogen-bond donors (Lipinski definition) is 1. The van der Waals surface area contributed by atoms with Crippen LogP contribution in [0.1, 0.15) is 11.3 Å². The summed E-state index contributed by atoms with van der Waals surface area (Å²) in [5.74, 6) is 0.257. The van der Waals surface area contributed by atoms with Gasteiger partial charge in [0.25, 0.3) is 0 Å². The van der Waals surface area contributed by atoms with Crippen LogP contribution in [0.4, 0.5) is 0 Å². The number of aromatic hydroxyl groups is 1. The van der Waals surface area contributed by atoms with Crippen LogP contribution in [-0.4, -0.2) is 10.1 Å². The molecular weight excluding hydrogens is 275 g/mol. The van der Waals surface area contributed by atoms with E-state index >= 15 is 0 Å². The van der Waals surface area contributed by atoms with Gasteiger partial charge in [-0.2, -0.15) is 18.6 Å². The van der Waals surface area contributed by atoms with Crippen molar-refractivity contribution in [3.8, 4) is 5.75 Å². The van der Waals surface area contributed by atoms with Crippen molar-refractivity contribution < 1.29 is 37.8 Å². The Bertz CT molecular complexity index is 383. The molecule has 1 heterocycles. The Morgan fingerprint density at radius 1 is 1.06 bits per heavy atom. The van der Waals surface area contributed by atoms with Crippen molar-refractivity contribution in [3.63, 3.8) is 0 Å². The zero-order valence-corrected chi connectivity index (χ0v) is 12.1. The molecule has 0 saturated heterocycles. The fraction of sp³-hybridized carbons (Fsp3) is 0.0769. The van der Waals surface area contributed by atoms with Crippen LogP contribution in [-0.2, 0) is 32.7 Å². The van der Waals surface area contributed by atoms with Gasteiger partial charge in [-0.3, -0.25) is 4.98 Å². The van der Waals surface area contributed by atoms with Crippen molar-refractivity contribution in [2.24, 2.45) is 0 Å². The Labute approximate surface area is 122 Å². The van der Waals surface area contributed by atoms with Crippen molar-refractivity contribution >= 4 is 0 Å². The number of rotatable bonds is 0. The number of phenols is 1. The molecule has 2 aromatic rings. The van der Waals surface area contributed by atoms with Crippen LogP contribution < -0.4 is 0 Å². The minimum atomic E-state index is 0. The molecule has 0 spiro atoms. The number of aryl methyl sites for hydroxylation is 1. The molecule has 0 fully saturated rings. The molecule has 0 bridgehead atoms. The summed E-state index contributed by atoms with van der Waals surface area (Å²) >= 11 is 0. The molecule has 0 aliphatic heterocycles. The maximum Gasteiger partial charge on any atom is 0.0372 e. The van der Waals surface area contributed by atoms with Crippen LogP contribution in [0.15, 0.2) is 48.7 Å². The van der Waals surface area contributed by atoms with Crippen LogP contribution >= 0.6 is 0 Å². The number of hydrogen-bond acceptors (Lipinski definition) is 2.